The van der Waals surface area contributed by atoms with E-state index in [1.807, 2.05) is 0 Å². The van der Waals surface area contributed by atoms with Crippen LogP contribution in [0.3, 0.4) is 0 Å². The lowest BCUT2D eigenvalue weighted by atomic mass is 10.2. The van der Waals surface area contributed by atoms with Gasteiger partial charge in [0.1, 0.15) is 6.33 Å². The van der Waals surface area contributed by atoms with Crippen molar-refractivity contribution in [1.82, 2.24) is 9.97 Å². The average Bonchev–Trinajstić information content (AvgIpc) is 2.05. The second-order valence-corrected chi connectivity index (χ2v) is 1.86. The molecule has 52 valence electrons. The Kier molecular flexibility index (Phi) is 2.12. The van der Waals surface area contributed by atoms with Crippen LogP contribution in [0.4, 0.5) is 0 Å². The lowest BCUT2D eigenvalue weighted by molar-refractivity contribution is 0.350. The Morgan fingerprint density at radius 2 is 2.50 bits per heavy atom. The molecule has 0 saturated carbocycles. The number of rotatable bonds is 2. The fraction of sp³-hybridized carbons (Fsp3) is 0.143. The molecule has 0 fully saturated rings. The molecule has 1 heterocycles. The van der Waals surface area contributed by atoms with Crippen LogP contribution in [-0.2, 0) is 0 Å². The van der Waals surface area contributed by atoms with Crippen molar-refractivity contribution in [2.24, 2.45) is 0 Å². The summed E-state index contributed by atoms with van der Waals surface area (Å²) in [5.41, 5.74) is 1.31. The minimum Gasteiger partial charge on any atom is -0.392 e. The third-order valence-electron chi connectivity index (χ3n) is 1.14. The zero-order valence-corrected chi connectivity index (χ0v) is 5.49. The van der Waals surface area contributed by atoms with Gasteiger partial charge in [-0.25, -0.2) is 9.97 Å². The molecule has 0 aliphatic heterocycles. The Balaban J connectivity index is 2.85. The second-order valence-electron chi connectivity index (χ2n) is 1.86. The van der Waals surface area contributed by atoms with Crippen molar-refractivity contribution in [3.63, 3.8) is 0 Å². The molecule has 1 N–H and O–H groups in total. The first-order valence-electron chi connectivity index (χ1n) is 2.89. The quantitative estimate of drug-likeness (QED) is 0.643. The fourth-order valence-corrected chi connectivity index (χ4v) is 0.581. The van der Waals surface area contributed by atoms with Gasteiger partial charge >= 0.3 is 0 Å². The van der Waals surface area contributed by atoms with Crippen LogP contribution in [-0.4, -0.2) is 21.7 Å². The molecule has 1 aromatic heterocycles. The predicted molar refractivity (Wildman–Crippen MR) is 38.2 cm³/mol. The normalized spacial score (nSPS) is 9.30. The summed E-state index contributed by atoms with van der Waals surface area (Å²) in [7, 11) is 0. The van der Waals surface area contributed by atoms with E-state index in [1.54, 1.807) is 12.3 Å². The molecule has 3 nitrogen and oxygen atoms in total. The number of aliphatic hydroxyl groups is 1. The van der Waals surface area contributed by atoms with Crippen molar-refractivity contribution < 1.29 is 5.11 Å². The molecule has 1 rings (SSSR count). The van der Waals surface area contributed by atoms with Gasteiger partial charge in [-0.05, 0) is 11.6 Å². The zero-order valence-electron chi connectivity index (χ0n) is 5.49. The Morgan fingerprint density at radius 1 is 1.70 bits per heavy atom. The van der Waals surface area contributed by atoms with E-state index >= 15 is 0 Å². The molecule has 0 radical (unpaired) electrons. The lowest BCUT2D eigenvalue weighted by Crippen LogP contribution is -1.91. The molecule has 0 spiro atoms. The third-order valence-corrected chi connectivity index (χ3v) is 1.14. The molecule has 0 atom stereocenters. The van der Waals surface area contributed by atoms with Crippen molar-refractivity contribution in [1.29, 1.82) is 0 Å². The molecule has 0 amide bonds. The van der Waals surface area contributed by atoms with E-state index in [0.717, 1.165) is 0 Å². The Hall–Kier alpha value is -1.22. The second kappa shape index (κ2) is 3.08. The highest BCUT2D eigenvalue weighted by Crippen LogP contribution is 2.04. The summed E-state index contributed by atoms with van der Waals surface area (Å²) in [5.74, 6) is 0. The van der Waals surface area contributed by atoms with Gasteiger partial charge in [0.05, 0.1) is 12.3 Å². The van der Waals surface area contributed by atoms with Crippen LogP contribution < -0.4 is 0 Å². The van der Waals surface area contributed by atoms with Gasteiger partial charge in [0, 0.05) is 6.20 Å². The monoisotopic (exact) mass is 136 g/mol. The van der Waals surface area contributed by atoms with E-state index in [9.17, 15) is 0 Å². The summed E-state index contributed by atoms with van der Waals surface area (Å²) in [6, 6.07) is 1.71. The summed E-state index contributed by atoms with van der Waals surface area (Å²) in [6.07, 6.45) is 3.04. The molecule has 0 aromatic carbocycles. The summed E-state index contributed by atoms with van der Waals surface area (Å²) in [6.45, 7) is 3.54. The molecular weight excluding hydrogens is 128 g/mol. The van der Waals surface area contributed by atoms with Gasteiger partial charge in [-0.15, -0.1) is 0 Å². The molecule has 0 aliphatic carbocycles. The van der Waals surface area contributed by atoms with Crippen molar-refractivity contribution in [3.05, 3.63) is 30.9 Å². The van der Waals surface area contributed by atoms with Crippen LogP contribution in [0, 0.1) is 0 Å². The summed E-state index contributed by atoms with van der Waals surface area (Å²) in [5, 5.41) is 8.63. The van der Waals surface area contributed by atoms with E-state index in [-0.39, 0.29) is 6.61 Å². The first kappa shape index (κ1) is 6.89. The van der Waals surface area contributed by atoms with Crippen LogP contribution in [0.25, 0.3) is 5.57 Å². The first-order chi connectivity index (χ1) is 4.84. The maximum absolute atomic E-state index is 8.63. The standard InChI is InChI=1S/C7H8N2O/c1-6(4-10)7-2-3-8-5-9-7/h2-3,5,10H,1,4H2. The van der Waals surface area contributed by atoms with Gasteiger partial charge in [-0.2, -0.15) is 0 Å². The Morgan fingerprint density at radius 3 is 3.00 bits per heavy atom. The van der Waals surface area contributed by atoms with Crippen molar-refractivity contribution in [3.8, 4) is 0 Å². The minimum atomic E-state index is -0.0585. The van der Waals surface area contributed by atoms with Crippen LogP contribution in [0.15, 0.2) is 25.2 Å². The number of aromatic nitrogens is 2. The highest BCUT2D eigenvalue weighted by atomic mass is 16.3. The van der Waals surface area contributed by atoms with E-state index in [4.69, 9.17) is 5.11 Å². The number of hydrogen-bond acceptors (Lipinski definition) is 3. The maximum Gasteiger partial charge on any atom is 0.116 e. The highest BCUT2D eigenvalue weighted by Gasteiger charge is 1.94. The zero-order chi connectivity index (χ0) is 7.40. The number of aliphatic hydroxyl groups excluding tert-OH is 1. The topological polar surface area (TPSA) is 46.0 Å². The van der Waals surface area contributed by atoms with Crippen molar-refractivity contribution in [2.75, 3.05) is 6.61 Å². The van der Waals surface area contributed by atoms with E-state index in [1.165, 1.54) is 6.33 Å². The van der Waals surface area contributed by atoms with E-state index in [0.29, 0.717) is 11.3 Å². The lowest BCUT2D eigenvalue weighted by Gasteiger charge is -1.97. The summed E-state index contributed by atoms with van der Waals surface area (Å²) >= 11 is 0. The molecular formula is C7H8N2O. The maximum atomic E-state index is 8.63. The molecule has 0 bridgehead atoms. The van der Waals surface area contributed by atoms with Gasteiger partial charge in [-0.3, -0.25) is 0 Å². The average molecular weight is 136 g/mol. The molecule has 0 unspecified atom stereocenters. The summed E-state index contributed by atoms with van der Waals surface area (Å²) < 4.78 is 0. The molecule has 1 aromatic rings. The summed E-state index contributed by atoms with van der Waals surface area (Å²) in [4.78, 5) is 7.61. The van der Waals surface area contributed by atoms with Gasteiger partial charge in [0.15, 0.2) is 0 Å². The Labute approximate surface area is 59.1 Å². The number of hydrogen-bond donors (Lipinski definition) is 1. The van der Waals surface area contributed by atoms with Crippen LogP contribution in [0.2, 0.25) is 0 Å². The van der Waals surface area contributed by atoms with Gasteiger partial charge in [0.25, 0.3) is 0 Å². The largest absolute Gasteiger partial charge is 0.392 e. The van der Waals surface area contributed by atoms with Crippen molar-refractivity contribution >= 4 is 5.57 Å². The molecule has 0 saturated heterocycles. The van der Waals surface area contributed by atoms with Crippen LogP contribution in [0.5, 0.6) is 0 Å². The van der Waals surface area contributed by atoms with E-state index in [2.05, 4.69) is 16.5 Å². The molecule has 3 heteroatoms. The van der Waals surface area contributed by atoms with Crippen LogP contribution >= 0.6 is 0 Å². The van der Waals surface area contributed by atoms with Gasteiger partial charge in [0.2, 0.25) is 0 Å². The Bertz CT molecular complexity index is 220. The predicted octanol–water partition coefficient (Wildman–Crippen LogP) is 0.482. The fourth-order valence-electron chi connectivity index (χ4n) is 0.581. The number of nitrogens with zero attached hydrogens (tertiary/aromatic N) is 2. The minimum absolute atomic E-state index is 0.0585. The molecule has 10 heavy (non-hydrogen) atoms. The van der Waals surface area contributed by atoms with Gasteiger partial charge < -0.3 is 5.11 Å². The van der Waals surface area contributed by atoms with Crippen LogP contribution in [0.1, 0.15) is 5.69 Å². The van der Waals surface area contributed by atoms with E-state index < -0.39 is 0 Å². The SMILES string of the molecule is C=C(CO)c1ccncn1. The smallest absolute Gasteiger partial charge is 0.116 e. The van der Waals surface area contributed by atoms with Gasteiger partial charge in [-0.1, -0.05) is 6.58 Å². The first-order valence-corrected chi connectivity index (χ1v) is 2.89. The van der Waals surface area contributed by atoms with Crippen molar-refractivity contribution in [2.45, 2.75) is 0 Å². The molecule has 0 aliphatic rings. The highest BCUT2D eigenvalue weighted by molar-refractivity contribution is 5.59. The third kappa shape index (κ3) is 1.39.